The summed E-state index contributed by atoms with van der Waals surface area (Å²) in [6, 6.07) is 0. The van der Waals surface area contributed by atoms with Crippen LogP contribution in [-0.2, 0) is 18.9 Å². The first-order valence-corrected chi connectivity index (χ1v) is 7.89. The Morgan fingerprint density at radius 3 is 1.96 bits per heavy atom. The van der Waals surface area contributed by atoms with Gasteiger partial charge in [0.25, 0.3) is 0 Å². The zero-order valence-corrected chi connectivity index (χ0v) is 13.7. The van der Waals surface area contributed by atoms with Crippen LogP contribution in [0.4, 0.5) is 0 Å². The van der Waals surface area contributed by atoms with E-state index in [1.807, 2.05) is 0 Å². The Balaban J connectivity index is 1.94. The van der Waals surface area contributed by atoms with Crippen molar-refractivity contribution in [2.45, 2.75) is 54.6 Å². The maximum atomic E-state index is 10.1. The molecule has 0 aromatic heterocycles. The van der Waals surface area contributed by atoms with Gasteiger partial charge in [-0.15, -0.1) is 0 Å². The number of aliphatic hydroxyl groups excluding tert-OH is 7. The van der Waals surface area contributed by atoms with Gasteiger partial charge in [0.15, 0.2) is 0 Å². The average molecular weight is 370 g/mol. The highest BCUT2D eigenvalue weighted by Gasteiger charge is 2.55. The number of aliphatic hydroxyl groups is 7. The van der Waals surface area contributed by atoms with E-state index in [1.165, 1.54) is 7.11 Å². The number of hydrogen-bond donors (Lipinski definition) is 7. The van der Waals surface area contributed by atoms with E-state index < -0.39 is 67.8 Å². The molecule has 9 atom stereocenters. The van der Waals surface area contributed by atoms with Gasteiger partial charge in [0, 0.05) is 7.11 Å². The minimum absolute atomic E-state index is 0.275. The molecule has 11 nitrogen and oxygen atoms in total. The van der Waals surface area contributed by atoms with E-state index in [9.17, 15) is 25.5 Å². The van der Waals surface area contributed by atoms with Crippen LogP contribution >= 0.6 is 0 Å². The molecule has 7 N–H and O–H groups in total. The smallest absolute Gasteiger partial charge is 0.221 e. The zero-order valence-electron chi connectivity index (χ0n) is 13.7. The SMILES string of the molecule is COC1(COCC2OC(CO)C(O)C(O)C2O)OC(CO)C(O)C1O. The molecular weight excluding hydrogens is 344 g/mol. The highest BCUT2D eigenvalue weighted by Crippen LogP contribution is 2.32. The van der Waals surface area contributed by atoms with Crippen LogP contribution in [0.25, 0.3) is 0 Å². The maximum absolute atomic E-state index is 10.1. The van der Waals surface area contributed by atoms with Crippen molar-refractivity contribution < 1.29 is 54.7 Å². The van der Waals surface area contributed by atoms with Crippen molar-refractivity contribution in [3.63, 3.8) is 0 Å². The normalized spacial score (nSPS) is 48.0. The monoisotopic (exact) mass is 370 g/mol. The summed E-state index contributed by atoms with van der Waals surface area (Å²) in [4.78, 5) is 0. The van der Waals surface area contributed by atoms with Gasteiger partial charge in [-0.2, -0.15) is 0 Å². The fraction of sp³-hybridized carbons (Fsp3) is 1.00. The highest BCUT2D eigenvalue weighted by molar-refractivity contribution is 4.97. The van der Waals surface area contributed by atoms with Crippen molar-refractivity contribution in [3.8, 4) is 0 Å². The second kappa shape index (κ2) is 8.50. The van der Waals surface area contributed by atoms with E-state index in [2.05, 4.69) is 0 Å². The second-order valence-electron chi connectivity index (χ2n) is 6.17. The lowest BCUT2D eigenvalue weighted by atomic mass is 9.95. The van der Waals surface area contributed by atoms with Crippen LogP contribution in [0.5, 0.6) is 0 Å². The zero-order chi connectivity index (χ0) is 18.8. The van der Waals surface area contributed by atoms with Crippen molar-refractivity contribution in [2.24, 2.45) is 0 Å². The Labute approximate surface area is 143 Å². The van der Waals surface area contributed by atoms with Gasteiger partial charge >= 0.3 is 0 Å². The Hall–Kier alpha value is -0.440. The predicted molar refractivity (Wildman–Crippen MR) is 78.3 cm³/mol. The van der Waals surface area contributed by atoms with Crippen LogP contribution in [0.15, 0.2) is 0 Å². The summed E-state index contributed by atoms with van der Waals surface area (Å²) in [5.41, 5.74) is 0. The van der Waals surface area contributed by atoms with Crippen LogP contribution in [-0.4, -0.2) is 124 Å². The Morgan fingerprint density at radius 1 is 0.840 bits per heavy atom. The fourth-order valence-corrected chi connectivity index (χ4v) is 2.99. The van der Waals surface area contributed by atoms with Crippen molar-refractivity contribution in [1.82, 2.24) is 0 Å². The average Bonchev–Trinajstić information content (AvgIpc) is 2.86. The lowest BCUT2D eigenvalue weighted by Crippen LogP contribution is -2.60. The summed E-state index contributed by atoms with van der Waals surface area (Å²) in [7, 11) is 1.23. The largest absolute Gasteiger partial charge is 0.394 e. The number of rotatable bonds is 7. The summed E-state index contributed by atoms with van der Waals surface area (Å²) in [6.45, 7) is -1.73. The summed E-state index contributed by atoms with van der Waals surface area (Å²) >= 11 is 0. The topological polar surface area (TPSA) is 179 Å². The molecule has 0 aromatic carbocycles. The van der Waals surface area contributed by atoms with E-state index >= 15 is 0 Å². The van der Waals surface area contributed by atoms with Gasteiger partial charge in [0.1, 0.15) is 55.4 Å². The molecule has 0 aliphatic carbocycles. The summed E-state index contributed by atoms with van der Waals surface area (Å²) in [5, 5.41) is 67.5. The molecule has 2 heterocycles. The maximum Gasteiger partial charge on any atom is 0.221 e. The summed E-state index contributed by atoms with van der Waals surface area (Å²) in [6.07, 6.45) is -10.5. The minimum Gasteiger partial charge on any atom is -0.394 e. The van der Waals surface area contributed by atoms with Crippen LogP contribution in [0.3, 0.4) is 0 Å². The van der Waals surface area contributed by atoms with Gasteiger partial charge in [-0.05, 0) is 0 Å². The molecule has 0 aromatic rings. The summed E-state index contributed by atoms with van der Waals surface area (Å²) in [5.74, 6) is -1.72. The Morgan fingerprint density at radius 2 is 1.44 bits per heavy atom. The van der Waals surface area contributed by atoms with Crippen LogP contribution in [0.2, 0.25) is 0 Å². The molecule has 148 valence electrons. The standard InChI is InChI=1S/C14H26O11/c1-22-14(13(21)11(19)7(3-16)25-14)5-23-4-8-10(18)12(20)9(17)6(2-15)24-8/h6-13,15-21H,2-5H2,1H3. The van der Waals surface area contributed by atoms with Gasteiger partial charge < -0.3 is 54.7 Å². The first kappa shape index (κ1) is 20.9. The van der Waals surface area contributed by atoms with Crippen molar-refractivity contribution in [2.75, 3.05) is 33.5 Å². The van der Waals surface area contributed by atoms with E-state index in [0.29, 0.717) is 0 Å². The van der Waals surface area contributed by atoms with Gasteiger partial charge in [0.2, 0.25) is 5.79 Å². The summed E-state index contributed by atoms with van der Waals surface area (Å²) < 4.78 is 21.1. The second-order valence-corrected chi connectivity index (χ2v) is 6.17. The van der Waals surface area contributed by atoms with Crippen molar-refractivity contribution in [3.05, 3.63) is 0 Å². The van der Waals surface area contributed by atoms with Gasteiger partial charge in [-0.25, -0.2) is 0 Å². The third-order valence-corrected chi connectivity index (χ3v) is 4.61. The van der Waals surface area contributed by atoms with E-state index in [-0.39, 0.29) is 13.2 Å². The predicted octanol–water partition coefficient (Wildman–Crippen LogP) is -4.70. The first-order chi connectivity index (χ1) is 11.8. The molecule has 2 saturated heterocycles. The molecule has 0 radical (unpaired) electrons. The van der Waals surface area contributed by atoms with Crippen LogP contribution in [0, 0.1) is 0 Å². The molecule has 11 heteroatoms. The Bertz CT molecular complexity index is 422. The third kappa shape index (κ3) is 3.96. The quantitative estimate of drug-likeness (QED) is 0.229. The van der Waals surface area contributed by atoms with Crippen molar-refractivity contribution in [1.29, 1.82) is 0 Å². The molecule has 2 fully saturated rings. The number of methoxy groups -OCH3 is 1. The first-order valence-electron chi connectivity index (χ1n) is 7.89. The van der Waals surface area contributed by atoms with Crippen molar-refractivity contribution >= 4 is 0 Å². The molecular formula is C14H26O11. The minimum atomic E-state index is -1.72. The Kier molecular flexibility index (Phi) is 7.09. The molecule has 25 heavy (non-hydrogen) atoms. The van der Waals surface area contributed by atoms with Crippen LogP contribution < -0.4 is 0 Å². The fourth-order valence-electron chi connectivity index (χ4n) is 2.99. The molecule has 9 unspecified atom stereocenters. The third-order valence-electron chi connectivity index (χ3n) is 4.61. The molecule has 0 amide bonds. The van der Waals surface area contributed by atoms with E-state index in [1.54, 1.807) is 0 Å². The molecule has 2 aliphatic rings. The lowest BCUT2D eigenvalue weighted by molar-refractivity contribution is -0.281. The van der Waals surface area contributed by atoms with Gasteiger partial charge in [0.05, 0.1) is 19.8 Å². The van der Waals surface area contributed by atoms with Crippen LogP contribution in [0.1, 0.15) is 0 Å². The number of ether oxygens (including phenoxy) is 4. The molecule has 2 aliphatic heterocycles. The molecule has 0 saturated carbocycles. The van der Waals surface area contributed by atoms with Gasteiger partial charge in [-0.1, -0.05) is 0 Å². The van der Waals surface area contributed by atoms with Gasteiger partial charge in [-0.3, -0.25) is 0 Å². The number of hydrogen-bond acceptors (Lipinski definition) is 11. The van der Waals surface area contributed by atoms with E-state index in [0.717, 1.165) is 0 Å². The molecule has 0 bridgehead atoms. The molecule has 0 spiro atoms. The highest BCUT2D eigenvalue weighted by atomic mass is 16.7. The van der Waals surface area contributed by atoms with E-state index in [4.69, 9.17) is 29.2 Å². The lowest BCUT2D eigenvalue weighted by Gasteiger charge is -2.40. The molecule has 2 rings (SSSR count).